The molecule has 32 heavy (non-hydrogen) atoms. The zero-order chi connectivity index (χ0) is 23.0. The van der Waals surface area contributed by atoms with Gasteiger partial charge in [-0.3, -0.25) is 19.4 Å². The number of carbonyl (C=O) groups excluding carboxylic acids is 3. The van der Waals surface area contributed by atoms with Crippen LogP contribution in [0.15, 0.2) is 46.7 Å². The highest BCUT2D eigenvalue weighted by Crippen LogP contribution is 2.34. The summed E-state index contributed by atoms with van der Waals surface area (Å²) in [4.78, 5) is 39.1. The van der Waals surface area contributed by atoms with Crippen molar-refractivity contribution in [2.75, 3.05) is 31.0 Å². The van der Waals surface area contributed by atoms with Gasteiger partial charge in [-0.25, -0.2) is 9.29 Å². The largest absolute Gasteiger partial charge is 0.497 e. The molecule has 3 amide bonds. The number of amides is 3. The summed E-state index contributed by atoms with van der Waals surface area (Å²) in [5.74, 6) is -1.52. The first-order chi connectivity index (χ1) is 15.3. The Morgan fingerprint density at radius 3 is 2.62 bits per heavy atom. The van der Waals surface area contributed by atoms with Gasteiger partial charge in [0.2, 0.25) is 5.91 Å². The number of hydrogen-bond donors (Lipinski definition) is 1. The summed E-state index contributed by atoms with van der Waals surface area (Å²) in [5, 5.41) is 11.3. The van der Waals surface area contributed by atoms with Crippen molar-refractivity contribution in [2.24, 2.45) is 10.3 Å². The fourth-order valence-corrected chi connectivity index (χ4v) is 3.65. The molecule has 10 nitrogen and oxygen atoms in total. The lowest BCUT2D eigenvalue weighted by Crippen LogP contribution is -2.43. The van der Waals surface area contributed by atoms with Crippen LogP contribution in [0, 0.1) is 5.82 Å². The van der Waals surface area contributed by atoms with Gasteiger partial charge >= 0.3 is 0 Å². The second-order valence-electron chi connectivity index (χ2n) is 6.92. The van der Waals surface area contributed by atoms with Gasteiger partial charge in [0, 0.05) is 6.07 Å². The highest BCUT2D eigenvalue weighted by molar-refractivity contribution is 6.32. The molecule has 1 N–H and O–H groups in total. The van der Waals surface area contributed by atoms with Gasteiger partial charge in [-0.15, -0.1) is 0 Å². The molecule has 166 valence electrons. The molecule has 0 aliphatic carbocycles. The van der Waals surface area contributed by atoms with E-state index in [2.05, 4.69) is 15.7 Å². The Balaban J connectivity index is 1.49. The maximum absolute atomic E-state index is 13.5. The molecule has 0 spiro atoms. The quantitative estimate of drug-likeness (QED) is 0.661. The van der Waals surface area contributed by atoms with Crippen LogP contribution in [0.3, 0.4) is 0 Å². The first-order valence-electron chi connectivity index (χ1n) is 9.36. The third-order valence-electron chi connectivity index (χ3n) is 5.01. The molecular weight excluding hydrogens is 445 g/mol. The van der Waals surface area contributed by atoms with Crippen LogP contribution in [0.25, 0.3) is 0 Å². The number of hydrogen-bond acceptors (Lipinski definition) is 8. The number of fused-ring (bicyclic) bond motifs is 1. The van der Waals surface area contributed by atoms with Crippen LogP contribution < -0.4 is 19.7 Å². The van der Waals surface area contributed by atoms with Crippen LogP contribution in [0.1, 0.15) is 0 Å². The van der Waals surface area contributed by atoms with Gasteiger partial charge in [0.1, 0.15) is 23.9 Å². The summed E-state index contributed by atoms with van der Waals surface area (Å²) in [7, 11) is 2.95. The molecule has 2 aromatic rings. The van der Waals surface area contributed by atoms with Crippen molar-refractivity contribution in [1.82, 2.24) is 5.01 Å². The highest BCUT2D eigenvalue weighted by Gasteiger charge is 2.55. The number of imide groups is 1. The van der Waals surface area contributed by atoms with E-state index in [-0.39, 0.29) is 17.3 Å². The lowest BCUT2D eigenvalue weighted by atomic mass is 10.1. The maximum atomic E-state index is 13.5. The number of ether oxygens (including phenoxy) is 2. The van der Waals surface area contributed by atoms with Crippen molar-refractivity contribution in [3.63, 3.8) is 0 Å². The third kappa shape index (κ3) is 3.71. The van der Waals surface area contributed by atoms with Crippen molar-refractivity contribution in [3.05, 3.63) is 47.2 Å². The van der Waals surface area contributed by atoms with E-state index >= 15 is 0 Å². The Morgan fingerprint density at radius 2 is 1.94 bits per heavy atom. The molecule has 2 aliphatic rings. The van der Waals surface area contributed by atoms with E-state index in [1.807, 2.05) is 0 Å². The van der Waals surface area contributed by atoms with Gasteiger partial charge in [0.15, 0.2) is 12.1 Å². The van der Waals surface area contributed by atoms with E-state index in [9.17, 15) is 18.8 Å². The van der Waals surface area contributed by atoms with Crippen LogP contribution in [0.4, 0.5) is 15.8 Å². The van der Waals surface area contributed by atoms with E-state index in [0.29, 0.717) is 17.2 Å². The predicted molar refractivity (Wildman–Crippen MR) is 111 cm³/mol. The standard InChI is InChI=1S/C20H17ClFN5O5/c1-31-11-4-6-14(15(8-11)32-2)23-16(28)9-26-18-17(24-25-26)19(29)27(20(18)30)10-3-5-13(22)12(21)7-10/h3-8,17-18H,9H2,1-2H3,(H,23,28)/t17-,18-/m0/s1. The van der Waals surface area contributed by atoms with Gasteiger partial charge < -0.3 is 14.8 Å². The van der Waals surface area contributed by atoms with Crippen molar-refractivity contribution >= 4 is 40.7 Å². The number of anilines is 2. The number of methoxy groups -OCH3 is 2. The summed E-state index contributed by atoms with van der Waals surface area (Å²) in [6.45, 7) is -0.336. The van der Waals surface area contributed by atoms with Gasteiger partial charge in [-0.2, -0.15) is 5.11 Å². The molecule has 2 aliphatic heterocycles. The van der Waals surface area contributed by atoms with E-state index in [1.165, 1.54) is 26.4 Å². The van der Waals surface area contributed by atoms with Crippen LogP contribution in [0.5, 0.6) is 11.5 Å². The second-order valence-corrected chi connectivity index (χ2v) is 7.32. The molecule has 0 aromatic heterocycles. The van der Waals surface area contributed by atoms with Gasteiger partial charge in [-0.1, -0.05) is 16.8 Å². The molecule has 0 bridgehead atoms. The Morgan fingerprint density at radius 1 is 1.16 bits per heavy atom. The van der Waals surface area contributed by atoms with E-state index in [1.54, 1.807) is 18.2 Å². The van der Waals surface area contributed by atoms with Gasteiger partial charge in [0.25, 0.3) is 11.8 Å². The molecule has 4 rings (SSSR count). The Bertz CT molecular complexity index is 1140. The minimum Gasteiger partial charge on any atom is -0.497 e. The zero-order valence-corrected chi connectivity index (χ0v) is 17.7. The molecule has 1 fully saturated rings. The topological polar surface area (TPSA) is 113 Å². The minimum atomic E-state index is -1.10. The molecule has 1 saturated heterocycles. The number of halogens is 2. The molecule has 2 aromatic carbocycles. The van der Waals surface area contributed by atoms with Crippen LogP contribution in [0.2, 0.25) is 5.02 Å². The van der Waals surface area contributed by atoms with Crippen LogP contribution in [-0.2, 0) is 14.4 Å². The van der Waals surface area contributed by atoms with E-state index in [0.717, 1.165) is 16.0 Å². The van der Waals surface area contributed by atoms with Crippen molar-refractivity contribution < 1.29 is 28.2 Å². The molecule has 2 atom stereocenters. The predicted octanol–water partition coefficient (Wildman–Crippen LogP) is 2.43. The average Bonchev–Trinajstić information content (AvgIpc) is 3.29. The summed E-state index contributed by atoms with van der Waals surface area (Å²) < 4.78 is 23.8. The molecular formula is C20H17ClFN5O5. The number of benzene rings is 2. The lowest BCUT2D eigenvalue weighted by molar-refractivity contribution is -0.123. The summed E-state index contributed by atoms with van der Waals surface area (Å²) in [6, 6.07) is 6.17. The third-order valence-corrected chi connectivity index (χ3v) is 5.30. The van der Waals surface area contributed by atoms with Crippen molar-refractivity contribution in [2.45, 2.75) is 12.1 Å². The van der Waals surface area contributed by atoms with E-state index < -0.39 is 35.6 Å². The van der Waals surface area contributed by atoms with Gasteiger partial charge in [0.05, 0.1) is 30.6 Å². The average molecular weight is 462 g/mol. The minimum absolute atomic E-state index is 0.114. The lowest BCUT2D eigenvalue weighted by Gasteiger charge is -2.20. The highest BCUT2D eigenvalue weighted by atomic mass is 35.5. The normalized spacial score (nSPS) is 19.4. The number of rotatable bonds is 6. The molecule has 12 heteroatoms. The van der Waals surface area contributed by atoms with E-state index in [4.69, 9.17) is 21.1 Å². The molecule has 0 radical (unpaired) electrons. The second kappa shape index (κ2) is 8.42. The number of nitrogens with one attached hydrogen (secondary N) is 1. The fourth-order valence-electron chi connectivity index (χ4n) is 3.47. The monoisotopic (exact) mass is 461 g/mol. The fraction of sp³-hybridized carbons (Fsp3) is 0.250. The summed E-state index contributed by atoms with van der Waals surface area (Å²) >= 11 is 5.78. The number of nitrogens with zero attached hydrogens (tertiary/aromatic N) is 4. The Labute approximate surface area is 186 Å². The van der Waals surface area contributed by atoms with Crippen LogP contribution in [-0.4, -0.2) is 55.6 Å². The maximum Gasteiger partial charge on any atom is 0.263 e. The molecule has 0 unspecified atom stereocenters. The molecule has 2 heterocycles. The molecule has 0 saturated carbocycles. The van der Waals surface area contributed by atoms with Crippen molar-refractivity contribution in [3.8, 4) is 11.5 Å². The van der Waals surface area contributed by atoms with Crippen LogP contribution >= 0.6 is 11.6 Å². The first-order valence-corrected chi connectivity index (χ1v) is 9.74. The van der Waals surface area contributed by atoms with Gasteiger partial charge in [-0.05, 0) is 30.3 Å². The first kappa shape index (κ1) is 21.5. The summed E-state index contributed by atoms with van der Waals surface area (Å²) in [6.07, 6.45) is 0. The zero-order valence-electron chi connectivity index (χ0n) is 16.9. The Hall–Kier alpha value is -3.73. The number of carbonyl (C=O) groups is 3. The van der Waals surface area contributed by atoms with Crippen molar-refractivity contribution in [1.29, 1.82) is 0 Å². The summed E-state index contributed by atoms with van der Waals surface area (Å²) in [5.41, 5.74) is 0.505. The Kier molecular flexibility index (Phi) is 5.66. The SMILES string of the molecule is COc1ccc(NC(=O)CN2N=N[C@@H]3C(=O)N(c4ccc(F)c(Cl)c4)C(=O)[C@H]32)c(OC)c1. The smallest absolute Gasteiger partial charge is 0.263 e.